The number of allylic oxidation sites excluding steroid dienone is 2. The molecule has 3 rings (SSSR count). The van der Waals surface area contributed by atoms with Crippen LogP contribution in [-0.4, -0.2) is 12.6 Å². The second-order valence-electron chi connectivity index (χ2n) is 6.46. The summed E-state index contributed by atoms with van der Waals surface area (Å²) in [6.45, 7) is 6.02. The van der Waals surface area contributed by atoms with Gasteiger partial charge in [0.1, 0.15) is 0 Å². The zero-order valence-electron chi connectivity index (χ0n) is 16.1. The summed E-state index contributed by atoms with van der Waals surface area (Å²) >= 11 is 3.13. The molecule has 4 nitrogen and oxygen atoms in total. The Hall–Kier alpha value is -2.49. The Balaban J connectivity index is 1.95. The van der Waals surface area contributed by atoms with Gasteiger partial charge in [-0.15, -0.1) is 23.1 Å². The van der Waals surface area contributed by atoms with Gasteiger partial charge < -0.3 is 10.1 Å². The van der Waals surface area contributed by atoms with E-state index in [4.69, 9.17) is 4.74 Å². The number of esters is 1. The zero-order valence-corrected chi connectivity index (χ0v) is 17.7. The number of carbonyl (C=O) groups is 1. The van der Waals surface area contributed by atoms with E-state index in [1.807, 2.05) is 24.4 Å². The van der Waals surface area contributed by atoms with Crippen LogP contribution in [0.25, 0.3) is 0 Å². The van der Waals surface area contributed by atoms with Gasteiger partial charge in [-0.3, -0.25) is 0 Å². The minimum Gasteiger partial charge on any atom is -0.463 e. The molecule has 144 valence electrons. The third kappa shape index (κ3) is 4.32. The molecule has 0 spiro atoms. The molecular weight excluding hydrogens is 388 g/mol. The Morgan fingerprint density at radius 2 is 2.04 bits per heavy atom. The van der Waals surface area contributed by atoms with E-state index in [0.717, 1.165) is 21.4 Å². The summed E-state index contributed by atoms with van der Waals surface area (Å²) in [5.41, 5.74) is 4.22. The lowest BCUT2D eigenvalue weighted by molar-refractivity contribution is -0.138. The van der Waals surface area contributed by atoms with Crippen LogP contribution in [0, 0.1) is 18.3 Å². The number of nitriles is 1. The van der Waals surface area contributed by atoms with Gasteiger partial charge >= 0.3 is 5.97 Å². The summed E-state index contributed by atoms with van der Waals surface area (Å²) in [5, 5.41) is 16.0. The first kappa shape index (κ1) is 20.2. The van der Waals surface area contributed by atoms with E-state index in [2.05, 4.69) is 42.6 Å². The average Bonchev–Trinajstić information content (AvgIpc) is 3.21. The Morgan fingerprint density at radius 3 is 2.64 bits per heavy atom. The van der Waals surface area contributed by atoms with Crippen LogP contribution < -0.4 is 5.32 Å². The van der Waals surface area contributed by atoms with Gasteiger partial charge in [0.15, 0.2) is 0 Å². The zero-order chi connectivity index (χ0) is 20.1. The molecule has 0 amide bonds. The normalized spacial score (nSPS) is 16.6. The quantitative estimate of drug-likeness (QED) is 0.659. The van der Waals surface area contributed by atoms with Gasteiger partial charge in [-0.05, 0) is 37.8 Å². The van der Waals surface area contributed by atoms with Crippen LogP contribution >= 0.6 is 23.1 Å². The smallest absolute Gasteiger partial charge is 0.336 e. The topological polar surface area (TPSA) is 62.1 Å². The molecule has 0 saturated carbocycles. The number of hydrogen-bond donors (Lipinski definition) is 1. The maximum atomic E-state index is 12.6. The highest BCUT2D eigenvalue weighted by atomic mass is 32.2. The van der Waals surface area contributed by atoms with Gasteiger partial charge in [-0.25, -0.2) is 4.79 Å². The standard InChI is InChI=1S/C22H22N2O2S2/c1-4-26-22(25)19-15(3)24-21(28-13-16-9-7-14(2)8-10-16)17(12-23)20(19)18-6-5-11-27-18/h5-11,20,24H,4,13H2,1-3H3/t20-/m1/s1. The highest BCUT2D eigenvalue weighted by Gasteiger charge is 2.35. The highest BCUT2D eigenvalue weighted by molar-refractivity contribution is 8.02. The lowest BCUT2D eigenvalue weighted by atomic mass is 9.87. The van der Waals surface area contributed by atoms with E-state index < -0.39 is 5.92 Å². The third-order valence-electron chi connectivity index (χ3n) is 4.47. The number of nitrogens with one attached hydrogen (secondary N) is 1. The van der Waals surface area contributed by atoms with Crippen molar-refractivity contribution in [2.24, 2.45) is 0 Å². The summed E-state index contributed by atoms with van der Waals surface area (Å²) in [4.78, 5) is 13.6. The molecule has 6 heteroatoms. The number of rotatable bonds is 6. The molecule has 1 aromatic carbocycles. The maximum Gasteiger partial charge on any atom is 0.336 e. The molecule has 28 heavy (non-hydrogen) atoms. The maximum absolute atomic E-state index is 12.6. The summed E-state index contributed by atoms with van der Waals surface area (Å²) in [5.74, 6) is -0.0282. The Bertz CT molecular complexity index is 951. The van der Waals surface area contributed by atoms with Crippen molar-refractivity contribution in [1.29, 1.82) is 5.26 Å². The first-order valence-corrected chi connectivity index (χ1v) is 10.9. The number of benzene rings is 1. The summed E-state index contributed by atoms with van der Waals surface area (Å²) in [6.07, 6.45) is 0. The Morgan fingerprint density at radius 1 is 1.29 bits per heavy atom. The number of carbonyl (C=O) groups excluding carboxylic acids is 1. The first-order chi connectivity index (χ1) is 13.5. The van der Waals surface area contributed by atoms with Crippen molar-refractivity contribution in [1.82, 2.24) is 5.32 Å². The van der Waals surface area contributed by atoms with Gasteiger partial charge in [0.2, 0.25) is 0 Å². The molecule has 1 atom stereocenters. The van der Waals surface area contributed by atoms with Gasteiger partial charge in [-0.2, -0.15) is 5.26 Å². The SMILES string of the molecule is CCOC(=O)C1=C(C)NC(SCc2ccc(C)cc2)=C(C#N)[C@@H]1c1cccs1. The molecule has 0 unspecified atom stereocenters. The van der Waals surface area contributed by atoms with Crippen LogP contribution in [0.1, 0.15) is 35.8 Å². The second kappa shape index (κ2) is 9.13. The van der Waals surface area contributed by atoms with Gasteiger partial charge in [-0.1, -0.05) is 35.9 Å². The minimum atomic E-state index is -0.397. The minimum absolute atomic E-state index is 0.299. The average molecular weight is 411 g/mol. The van der Waals surface area contributed by atoms with E-state index in [0.29, 0.717) is 17.8 Å². The molecule has 0 saturated heterocycles. The largest absolute Gasteiger partial charge is 0.463 e. The van der Waals surface area contributed by atoms with Crippen LogP contribution in [0.5, 0.6) is 0 Å². The van der Waals surface area contributed by atoms with Crippen molar-refractivity contribution in [2.45, 2.75) is 32.4 Å². The van der Waals surface area contributed by atoms with E-state index in [-0.39, 0.29) is 5.97 Å². The molecule has 1 N–H and O–H groups in total. The van der Waals surface area contributed by atoms with Gasteiger partial charge in [0, 0.05) is 16.3 Å². The molecule has 0 radical (unpaired) electrons. The Kier molecular flexibility index (Phi) is 6.61. The van der Waals surface area contributed by atoms with Crippen molar-refractivity contribution in [3.8, 4) is 6.07 Å². The second-order valence-corrected chi connectivity index (χ2v) is 8.43. The lowest BCUT2D eigenvalue weighted by Gasteiger charge is -2.28. The van der Waals surface area contributed by atoms with Crippen molar-refractivity contribution >= 4 is 29.1 Å². The van der Waals surface area contributed by atoms with Crippen LogP contribution in [0.2, 0.25) is 0 Å². The number of thiophene rings is 1. The van der Waals surface area contributed by atoms with E-state index >= 15 is 0 Å². The van der Waals surface area contributed by atoms with Gasteiger partial charge in [0.25, 0.3) is 0 Å². The lowest BCUT2D eigenvalue weighted by Crippen LogP contribution is -2.28. The Labute approximate surface area is 173 Å². The van der Waals surface area contributed by atoms with Crippen molar-refractivity contribution < 1.29 is 9.53 Å². The van der Waals surface area contributed by atoms with Gasteiger partial charge in [0.05, 0.1) is 34.8 Å². The van der Waals surface area contributed by atoms with Crippen LogP contribution in [0.4, 0.5) is 0 Å². The predicted octanol–water partition coefficient (Wildman–Crippen LogP) is 5.25. The fourth-order valence-electron chi connectivity index (χ4n) is 3.09. The molecule has 2 heterocycles. The molecule has 1 aliphatic heterocycles. The number of thioether (sulfide) groups is 1. The van der Waals surface area contributed by atoms with E-state index in [1.165, 1.54) is 11.1 Å². The molecular formula is C22H22N2O2S2. The number of dihydropyridines is 1. The summed E-state index contributed by atoms with van der Waals surface area (Å²) in [6, 6.07) is 14.6. The number of ether oxygens (including phenoxy) is 1. The number of aryl methyl sites for hydroxylation is 1. The first-order valence-electron chi connectivity index (χ1n) is 9.06. The predicted molar refractivity (Wildman–Crippen MR) is 115 cm³/mol. The molecule has 1 aliphatic rings. The summed E-state index contributed by atoms with van der Waals surface area (Å²) in [7, 11) is 0. The van der Waals surface area contributed by atoms with Crippen LogP contribution in [0.3, 0.4) is 0 Å². The van der Waals surface area contributed by atoms with Crippen molar-refractivity contribution in [3.05, 3.63) is 79.7 Å². The van der Waals surface area contributed by atoms with Crippen LogP contribution in [0.15, 0.2) is 63.7 Å². The molecule has 0 fully saturated rings. The molecule has 0 aliphatic carbocycles. The fourth-order valence-corrected chi connectivity index (χ4v) is 4.98. The summed E-state index contributed by atoms with van der Waals surface area (Å²) < 4.78 is 5.28. The fraction of sp³-hybridized carbons (Fsp3) is 0.273. The van der Waals surface area contributed by atoms with E-state index in [9.17, 15) is 10.1 Å². The number of nitrogens with zero attached hydrogens (tertiary/aromatic N) is 1. The van der Waals surface area contributed by atoms with E-state index in [1.54, 1.807) is 30.0 Å². The molecule has 0 bridgehead atoms. The van der Waals surface area contributed by atoms with Crippen LogP contribution in [-0.2, 0) is 15.3 Å². The van der Waals surface area contributed by atoms with Crippen molar-refractivity contribution in [3.63, 3.8) is 0 Å². The molecule has 2 aromatic rings. The highest BCUT2D eigenvalue weighted by Crippen LogP contribution is 2.43. The number of hydrogen-bond acceptors (Lipinski definition) is 6. The molecule has 1 aromatic heterocycles. The monoisotopic (exact) mass is 410 g/mol. The van der Waals surface area contributed by atoms with Crippen molar-refractivity contribution in [2.75, 3.05) is 6.61 Å². The third-order valence-corrected chi connectivity index (χ3v) is 6.50.